The largest absolute Gasteiger partial charge is 0.358 e. The number of benzene rings is 1. The second-order valence-electron chi connectivity index (χ2n) is 4.04. The fraction of sp³-hybridized carbons (Fsp3) is 0.300. The number of rotatable bonds is 6. The third kappa shape index (κ3) is 3.87. The van der Waals surface area contributed by atoms with Crippen LogP contribution in [-0.4, -0.2) is 32.3 Å². The molecule has 0 aliphatic heterocycles. The maximum Gasteiger partial charge on any atom is 0.271 e. The maximum absolute atomic E-state index is 12.2. The number of likely N-dealkylation sites (N-methyl/N-ethyl adjacent to an activating group) is 1. The van der Waals surface area contributed by atoms with Gasteiger partial charge in [-0.05, 0) is 13.0 Å². The minimum atomic E-state index is -4.08. The van der Waals surface area contributed by atoms with Crippen molar-refractivity contribution < 1.29 is 18.1 Å². The van der Waals surface area contributed by atoms with E-state index in [9.17, 15) is 23.3 Å². The molecule has 0 aliphatic rings. The van der Waals surface area contributed by atoms with Crippen LogP contribution < -0.4 is 21.3 Å². The van der Waals surface area contributed by atoms with Crippen molar-refractivity contribution in [1.29, 1.82) is 0 Å². The highest BCUT2D eigenvalue weighted by molar-refractivity contribution is 7.89. The molecule has 1 amide bonds. The maximum atomic E-state index is 12.2. The van der Waals surface area contributed by atoms with Crippen LogP contribution in [-0.2, 0) is 14.8 Å². The van der Waals surface area contributed by atoms with Crippen molar-refractivity contribution in [2.24, 2.45) is 5.84 Å². The van der Waals surface area contributed by atoms with E-state index >= 15 is 0 Å². The Kier molecular flexibility index (Phi) is 5.18. The van der Waals surface area contributed by atoms with E-state index in [0.29, 0.717) is 0 Å². The first-order valence-electron chi connectivity index (χ1n) is 5.72. The molecule has 1 atom stereocenters. The summed E-state index contributed by atoms with van der Waals surface area (Å²) in [7, 11) is -2.71. The predicted molar refractivity (Wildman–Crippen MR) is 74.8 cm³/mol. The molecule has 0 saturated heterocycles. The number of nitrogen functional groups attached to an aromatic ring is 1. The van der Waals surface area contributed by atoms with E-state index in [1.807, 2.05) is 0 Å². The highest BCUT2D eigenvalue weighted by atomic mass is 32.2. The summed E-state index contributed by atoms with van der Waals surface area (Å²) < 4.78 is 26.5. The van der Waals surface area contributed by atoms with E-state index in [2.05, 4.69) is 15.5 Å². The van der Waals surface area contributed by atoms with Gasteiger partial charge in [0.15, 0.2) is 0 Å². The summed E-state index contributed by atoms with van der Waals surface area (Å²) in [5, 5.41) is 13.0. The number of hydrogen-bond donors (Lipinski definition) is 4. The van der Waals surface area contributed by atoms with Crippen LogP contribution in [0.3, 0.4) is 0 Å². The molecule has 0 radical (unpaired) electrons. The summed E-state index contributed by atoms with van der Waals surface area (Å²) in [4.78, 5) is 21.0. The number of amides is 1. The molecule has 0 saturated carbocycles. The zero-order valence-corrected chi connectivity index (χ0v) is 12.1. The molecule has 10 nitrogen and oxygen atoms in total. The van der Waals surface area contributed by atoms with Crippen LogP contribution in [0.2, 0.25) is 0 Å². The standard InChI is InChI=1S/C10H15N5O5S/c1-6(10(16)12-2)14-21(19,20)9-4-3-7(15(17)18)5-8(9)13-11/h3-6,13-14H,11H2,1-2H3,(H,12,16). The van der Waals surface area contributed by atoms with Crippen LogP contribution in [0.15, 0.2) is 23.1 Å². The smallest absolute Gasteiger partial charge is 0.271 e. The van der Waals surface area contributed by atoms with Crippen molar-refractivity contribution >= 4 is 27.3 Å². The minimum Gasteiger partial charge on any atom is -0.358 e. The van der Waals surface area contributed by atoms with Gasteiger partial charge in [0.1, 0.15) is 4.90 Å². The molecule has 1 rings (SSSR count). The van der Waals surface area contributed by atoms with Crippen molar-refractivity contribution in [1.82, 2.24) is 10.0 Å². The summed E-state index contributed by atoms with van der Waals surface area (Å²) in [6, 6.07) is 2.03. The number of nitro benzene ring substituents is 1. The van der Waals surface area contributed by atoms with Gasteiger partial charge in [-0.1, -0.05) is 0 Å². The molecule has 0 aromatic heterocycles. The molecular formula is C10H15N5O5S. The molecule has 1 aromatic rings. The Labute approximate surface area is 120 Å². The number of nitrogens with two attached hydrogens (primary N) is 1. The molecule has 0 bridgehead atoms. The second kappa shape index (κ2) is 6.47. The monoisotopic (exact) mass is 317 g/mol. The second-order valence-corrected chi connectivity index (χ2v) is 5.72. The predicted octanol–water partition coefficient (Wildman–Crippen LogP) is -0.707. The lowest BCUT2D eigenvalue weighted by molar-refractivity contribution is -0.384. The number of nitro groups is 1. The van der Waals surface area contributed by atoms with E-state index in [-0.39, 0.29) is 16.3 Å². The number of carbonyl (C=O) groups excluding carboxylic acids is 1. The number of hydrazine groups is 1. The van der Waals surface area contributed by atoms with Gasteiger partial charge in [-0.15, -0.1) is 0 Å². The molecule has 116 valence electrons. The van der Waals surface area contributed by atoms with Gasteiger partial charge in [0, 0.05) is 19.2 Å². The van der Waals surface area contributed by atoms with Gasteiger partial charge < -0.3 is 10.7 Å². The van der Waals surface area contributed by atoms with Crippen LogP contribution in [0.25, 0.3) is 0 Å². The van der Waals surface area contributed by atoms with Crippen molar-refractivity contribution in [3.05, 3.63) is 28.3 Å². The quantitative estimate of drug-likeness (QED) is 0.307. The van der Waals surface area contributed by atoms with E-state index in [1.165, 1.54) is 14.0 Å². The van der Waals surface area contributed by atoms with Gasteiger partial charge in [-0.2, -0.15) is 4.72 Å². The summed E-state index contributed by atoms with van der Waals surface area (Å²) in [5.41, 5.74) is 1.62. The van der Waals surface area contributed by atoms with Gasteiger partial charge in [0.25, 0.3) is 5.69 Å². The fourth-order valence-corrected chi connectivity index (χ4v) is 2.90. The molecule has 21 heavy (non-hydrogen) atoms. The first-order valence-corrected chi connectivity index (χ1v) is 7.20. The first kappa shape index (κ1) is 16.8. The van der Waals surface area contributed by atoms with Gasteiger partial charge in [-0.25, -0.2) is 8.42 Å². The zero-order valence-electron chi connectivity index (χ0n) is 11.3. The Morgan fingerprint density at radius 1 is 1.43 bits per heavy atom. The number of non-ortho nitro benzene ring substituents is 1. The molecule has 0 aliphatic carbocycles. The van der Waals surface area contributed by atoms with Crippen LogP contribution >= 0.6 is 0 Å². The third-order valence-electron chi connectivity index (χ3n) is 2.59. The Bertz CT molecular complexity index is 660. The zero-order chi connectivity index (χ0) is 16.2. The van der Waals surface area contributed by atoms with Crippen LogP contribution in [0.5, 0.6) is 0 Å². The Morgan fingerprint density at radius 3 is 2.52 bits per heavy atom. The van der Waals surface area contributed by atoms with Crippen LogP contribution in [0, 0.1) is 10.1 Å². The molecule has 1 aromatic carbocycles. The molecule has 5 N–H and O–H groups in total. The number of sulfonamides is 1. The Balaban J connectivity index is 3.19. The summed E-state index contributed by atoms with van der Waals surface area (Å²) in [6.45, 7) is 1.36. The highest BCUT2D eigenvalue weighted by Gasteiger charge is 2.25. The molecular weight excluding hydrogens is 302 g/mol. The number of carbonyl (C=O) groups is 1. The normalized spacial score (nSPS) is 12.5. The van der Waals surface area contributed by atoms with E-state index < -0.39 is 26.9 Å². The molecule has 0 spiro atoms. The van der Waals surface area contributed by atoms with Gasteiger partial charge in [0.05, 0.1) is 16.7 Å². The third-order valence-corrected chi connectivity index (χ3v) is 4.19. The Hall–Kier alpha value is -2.24. The topological polar surface area (TPSA) is 156 Å². The molecule has 0 fully saturated rings. The average molecular weight is 317 g/mol. The van der Waals surface area contributed by atoms with Gasteiger partial charge >= 0.3 is 0 Å². The lowest BCUT2D eigenvalue weighted by atomic mass is 10.3. The van der Waals surface area contributed by atoms with Crippen molar-refractivity contribution in [3.63, 3.8) is 0 Å². The van der Waals surface area contributed by atoms with E-state index in [4.69, 9.17) is 5.84 Å². The molecule has 0 heterocycles. The van der Waals surface area contributed by atoms with Crippen molar-refractivity contribution in [3.8, 4) is 0 Å². The summed E-state index contributed by atoms with van der Waals surface area (Å²) in [6.07, 6.45) is 0. The van der Waals surface area contributed by atoms with E-state index in [1.54, 1.807) is 0 Å². The lowest BCUT2D eigenvalue weighted by Gasteiger charge is -2.14. The number of hydrogen-bond acceptors (Lipinski definition) is 7. The fourth-order valence-electron chi connectivity index (χ4n) is 1.54. The SMILES string of the molecule is CNC(=O)C(C)NS(=O)(=O)c1ccc([N+](=O)[O-])cc1NN. The minimum absolute atomic E-state index is 0.152. The first-order chi connectivity index (χ1) is 9.72. The molecule has 11 heteroatoms. The summed E-state index contributed by atoms with van der Waals surface area (Å²) in [5.74, 6) is 4.66. The van der Waals surface area contributed by atoms with Crippen molar-refractivity contribution in [2.45, 2.75) is 17.9 Å². The van der Waals surface area contributed by atoms with Gasteiger partial charge in [0.2, 0.25) is 15.9 Å². The number of nitrogens with one attached hydrogen (secondary N) is 3. The summed E-state index contributed by atoms with van der Waals surface area (Å²) >= 11 is 0. The Morgan fingerprint density at radius 2 is 2.05 bits per heavy atom. The molecule has 1 unspecified atom stereocenters. The van der Waals surface area contributed by atoms with Crippen LogP contribution in [0.1, 0.15) is 6.92 Å². The number of nitrogens with zero attached hydrogens (tertiary/aromatic N) is 1. The van der Waals surface area contributed by atoms with E-state index in [0.717, 1.165) is 18.2 Å². The highest BCUT2D eigenvalue weighted by Crippen LogP contribution is 2.25. The lowest BCUT2D eigenvalue weighted by Crippen LogP contribution is -2.43. The average Bonchev–Trinajstić information content (AvgIpc) is 2.44. The van der Waals surface area contributed by atoms with Crippen LogP contribution in [0.4, 0.5) is 11.4 Å². The van der Waals surface area contributed by atoms with Gasteiger partial charge in [-0.3, -0.25) is 20.8 Å². The number of anilines is 1. The van der Waals surface area contributed by atoms with Crippen molar-refractivity contribution in [2.75, 3.05) is 12.5 Å².